The first-order valence-electron chi connectivity index (χ1n) is 5.65. The Morgan fingerprint density at radius 2 is 2.13 bits per heavy atom. The average molecular weight is 207 g/mol. The van der Waals surface area contributed by atoms with Crippen LogP contribution in [0.3, 0.4) is 0 Å². The number of hydrogen-bond donors (Lipinski definition) is 1. The molecule has 0 heterocycles. The summed E-state index contributed by atoms with van der Waals surface area (Å²) in [7, 11) is 1.97. The molecule has 15 heavy (non-hydrogen) atoms. The Labute approximate surface area is 92.6 Å². The van der Waals surface area contributed by atoms with Crippen molar-refractivity contribution in [3.05, 3.63) is 35.4 Å². The molecule has 0 radical (unpaired) electrons. The Morgan fingerprint density at radius 1 is 1.33 bits per heavy atom. The quantitative estimate of drug-likeness (QED) is 0.774. The molecule has 2 nitrogen and oxygen atoms in total. The van der Waals surface area contributed by atoms with Crippen LogP contribution in [0.4, 0.5) is 0 Å². The molecular weight excluding hydrogens is 186 g/mol. The van der Waals surface area contributed by atoms with E-state index in [4.69, 9.17) is 4.74 Å². The minimum absolute atomic E-state index is 0.302. The monoisotopic (exact) mass is 207 g/mol. The Bertz CT molecular complexity index is 286. The van der Waals surface area contributed by atoms with Gasteiger partial charge in [-0.25, -0.2) is 0 Å². The highest BCUT2D eigenvalue weighted by molar-refractivity contribution is 5.26. The van der Waals surface area contributed by atoms with Crippen molar-refractivity contribution in [3.8, 4) is 0 Å². The van der Waals surface area contributed by atoms with Gasteiger partial charge in [0.15, 0.2) is 0 Å². The van der Waals surface area contributed by atoms with Crippen molar-refractivity contribution in [1.82, 2.24) is 5.32 Å². The van der Waals surface area contributed by atoms with Crippen molar-refractivity contribution in [2.24, 2.45) is 0 Å². The molecule has 1 unspecified atom stereocenters. The Balaban J connectivity index is 2.72. The highest BCUT2D eigenvalue weighted by Gasteiger charge is 2.08. The predicted molar refractivity (Wildman–Crippen MR) is 64.1 cm³/mol. The lowest BCUT2D eigenvalue weighted by Gasteiger charge is -2.17. The molecule has 0 aliphatic heterocycles. The maximum Gasteiger partial charge on any atom is 0.0661 e. The molecule has 0 saturated carbocycles. The number of rotatable bonds is 6. The molecule has 0 saturated heterocycles. The van der Waals surface area contributed by atoms with E-state index in [0.29, 0.717) is 6.04 Å². The van der Waals surface area contributed by atoms with Crippen LogP contribution in [0.25, 0.3) is 0 Å². The second-order valence-corrected chi connectivity index (χ2v) is 3.60. The first kappa shape index (κ1) is 12.2. The van der Waals surface area contributed by atoms with Gasteiger partial charge in [0.1, 0.15) is 0 Å². The summed E-state index contributed by atoms with van der Waals surface area (Å²) in [5.74, 6) is 0. The van der Waals surface area contributed by atoms with Gasteiger partial charge in [-0.15, -0.1) is 0 Å². The van der Waals surface area contributed by atoms with Gasteiger partial charge in [-0.2, -0.15) is 0 Å². The molecule has 0 aromatic heterocycles. The summed E-state index contributed by atoms with van der Waals surface area (Å²) in [6.07, 6.45) is 1.08. The molecule has 2 heteroatoms. The van der Waals surface area contributed by atoms with Crippen molar-refractivity contribution >= 4 is 0 Å². The van der Waals surface area contributed by atoms with E-state index in [9.17, 15) is 0 Å². The van der Waals surface area contributed by atoms with E-state index in [1.54, 1.807) is 0 Å². The van der Waals surface area contributed by atoms with Gasteiger partial charge in [0.25, 0.3) is 0 Å². The van der Waals surface area contributed by atoms with Gasteiger partial charge in [0, 0.05) is 6.61 Å². The Morgan fingerprint density at radius 3 is 2.73 bits per heavy atom. The Kier molecular flexibility index (Phi) is 5.37. The summed E-state index contributed by atoms with van der Waals surface area (Å²) in [6.45, 7) is 5.71. The van der Waals surface area contributed by atoms with E-state index >= 15 is 0 Å². The molecule has 0 bridgehead atoms. The fraction of sp³-hybridized carbons (Fsp3) is 0.538. The molecule has 0 fully saturated rings. The molecule has 0 spiro atoms. The zero-order valence-corrected chi connectivity index (χ0v) is 9.92. The zero-order valence-electron chi connectivity index (χ0n) is 9.92. The van der Waals surface area contributed by atoms with Crippen LogP contribution in [-0.4, -0.2) is 20.3 Å². The molecule has 0 aliphatic rings. The number of aryl methyl sites for hydroxylation is 1. The highest BCUT2D eigenvalue weighted by atomic mass is 16.5. The standard InChI is InChI=1S/C13H21NO/c1-4-11-7-6-8-12(9-11)13(14-3)10-15-5-2/h6-9,13-14H,4-5,10H2,1-3H3. The van der Waals surface area contributed by atoms with Crippen molar-refractivity contribution in [3.63, 3.8) is 0 Å². The molecule has 1 aromatic carbocycles. The van der Waals surface area contributed by atoms with Crippen LogP contribution < -0.4 is 5.32 Å². The first-order chi connectivity index (χ1) is 7.31. The zero-order chi connectivity index (χ0) is 11.1. The summed E-state index contributed by atoms with van der Waals surface area (Å²) in [6, 6.07) is 8.98. The van der Waals surface area contributed by atoms with Crippen LogP contribution >= 0.6 is 0 Å². The maximum absolute atomic E-state index is 5.45. The molecule has 1 rings (SSSR count). The fourth-order valence-corrected chi connectivity index (χ4v) is 1.61. The normalized spacial score (nSPS) is 12.7. The molecular formula is C13H21NO. The van der Waals surface area contributed by atoms with Gasteiger partial charge in [0.2, 0.25) is 0 Å². The van der Waals surface area contributed by atoms with E-state index in [-0.39, 0.29) is 0 Å². The Hall–Kier alpha value is -0.860. The molecule has 0 aliphatic carbocycles. The molecule has 0 amide bonds. The third kappa shape index (κ3) is 3.65. The molecule has 84 valence electrons. The van der Waals surface area contributed by atoms with E-state index < -0.39 is 0 Å². The lowest BCUT2D eigenvalue weighted by molar-refractivity contribution is 0.125. The summed E-state index contributed by atoms with van der Waals surface area (Å²) >= 11 is 0. The van der Waals surface area contributed by atoms with Crippen molar-refractivity contribution in [2.45, 2.75) is 26.3 Å². The third-order valence-corrected chi connectivity index (χ3v) is 2.60. The maximum atomic E-state index is 5.45. The number of benzene rings is 1. The van der Waals surface area contributed by atoms with Gasteiger partial charge >= 0.3 is 0 Å². The van der Waals surface area contributed by atoms with Crippen LogP contribution in [0.1, 0.15) is 31.0 Å². The second-order valence-electron chi connectivity index (χ2n) is 3.60. The average Bonchev–Trinajstić information content (AvgIpc) is 2.30. The SMILES string of the molecule is CCOCC(NC)c1cccc(CC)c1. The van der Waals surface area contributed by atoms with Crippen LogP contribution in [0.5, 0.6) is 0 Å². The van der Waals surface area contributed by atoms with E-state index in [1.165, 1.54) is 11.1 Å². The number of ether oxygens (including phenoxy) is 1. The van der Waals surface area contributed by atoms with Crippen molar-refractivity contribution in [1.29, 1.82) is 0 Å². The third-order valence-electron chi connectivity index (χ3n) is 2.60. The summed E-state index contributed by atoms with van der Waals surface area (Å²) in [5, 5.41) is 3.28. The van der Waals surface area contributed by atoms with Gasteiger partial charge < -0.3 is 10.1 Å². The van der Waals surface area contributed by atoms with Gasteiger partial charge in [-0.3, -0.25) is 0 Å². The smallest absolute Gasteiger partial charge is 0.0661 e. The highest BCUT2D eigenvalue weighted by Crippen LogP contribution is 2.15. The van der Waals surface area contributed by atoms with Crippen LogP contribution in [0.2, 0.25) is 0 Å². The minimum atomic E-state index is 0.302. The van der Waals surface area contributed by atoms with Gasteiger partial charge in [-0.05, 0) is 31.5 Å². The van der Waals surface area contributed by atoms with Gasteiger partial charge in [0.05, 0.1) is 12.6 Å². The largest absolute Gasteiger partial charge is 0.380 e. The fourth-order valence-electron chi connectivity index (χ4n) is 1.61. The second kappa shape index (κ2) is 6.59. The van der Waals surface area contributed by atoms with E-state index in [0.717, 1.165) is 19.6 Å². The summed E-state index contributed by atoms with van der Waals surface area (Å²) < 4.78 is 5.45. The first-order valence-corrected chi connectivity index (χ1v) is 5.65. The van der Waals surface area contributed by atoms with Crippen LogP contribution in [0.15, 0.2) is 24.3 Å². The topological polar surface area (TPSA) is 21.3 Å². The van der Waals surface area contributed by atoms with Crippen molar-refractivity contribution < 1.29 is 4.74 Å². The van der Waals surface area contributed by atoms with Crippen LogP contribution in [-0.2, 0) is 11.2 Å². The van der Waals surface area contributed by atoms with Crippen molar-refractivity contribution in [2.75, 3.05) is 20.3 Å². The summed E-state index contributed by atoms with van der Waals surface area (Å²) in [4.78, 5) is 0. The summed E-state index contributed by atoms with van der Waals surface area (Å²) in [5.41, 5.74) is 2.69. The van der Waals surface area contributed by atoms with E-state index in [2.05, 4.69) is 36.5 Å². The van der Waals surface area contributed by atoms with Gasteiger partial charge in [-0.1, -0.05) is 31.2 Å². The van der Waals surface area contributed by atoms with Crippen LogP contribution in [0, 0.1) is 0 Å². The molecule has 1 N–H and O–H groups in total. The number of hydrogen-bond acceptors (Lipinski definition) is 2. The number of nitrogens with one attached hydrogen (secondary N) is 1. The molecule has 1 aromatic rings. The predicted octanol–water partition coefficient (Wildman–Crippen LogP) is 2.55. The molecule has 1 atom stereocenters. The minimum Gasteiger partial charge on any atom is -0.380 e. The van der Waals surface area contributed by atoms with E-state index in [1.807, 2.05) is 14.0 Å². The lowest BCUT2D eigenvalue weighted by Crippen LogP contribution is -2.21. The number of likely N-dealkylation sites (N-methyl/N-ethyl adjacent to an activating group) is 1. The lowest BCUT2D eigenvalue weighted by atomic mass is 10.0.